The molecule has 0 amide bonds. The molecule has 6 nitrogen and oxygen atoms in total. The highest BCUT2D eigenvalue weighted by Gasteiger charge is 2.01. The van der Waals surface area contributed by atoms with Crippen LogP contribution in [0.1, 0.15) is 5.69 Å². The molecule has 0 atom stereocenters. The van der Waals surface area contributed by atoms with Crippen LogP contribution in [-0.4, -0.2) is 48.5 Å². The summed E-state index contributed by atoms with van der Waals surface area (Å²) >= 11 is 0. The van der Waals surface area contributed by atoms with E-state index in [1.807, 2.05) is 6.92 Å². The van der Waals surface area contributed by atoms with Gasteiger partial charge in [0.1, 0.15) is 0 Å². The van der Waals surface area contributed by atoms with E-state index in [0.717, 1.165) is 5.69 Å². The first-order valence-corrected chi connectivity index (χ1v) is 5.08. The average Bonchev–Trinajstić information content (AvgIpc) is 2.28. The summed E-state index contributed by atoms with van der Waals surface area (Å²) in [6.07, 6.45) is 0. The van der Waals surface area contributed by atoms with Crippen molar-refractivity contribution in [2.24, 2.45) is 0 Å². The first kappa shape index (κ1) is 12.7. The number of methoxy groups -OCH3 is 1. The largest absolute Gasteiger partial charge is 0.481 e. The number of nitrogens with one attached hydrogen (secondary N) is 1. The van der Waals surface area contributed by atoms with Crippen LogP contribution in [0.5, 0.6) is 5.88 Å². The smallest absolute Gasteiger partial charge is 0.226 e. The molecule has 1 aromatic heterocycles. The summed E-state index contributed by atoms with van der Waals surface area (Å²) in [5.74, 6) is 1.05. The van der Waals surface area contributed by atoms with Gasteiger partial charge in [0.15, 0.2) is 0 Å². The average molecular weight is 227 g/mol. The fourth-order valence-corrected chi connectivity index (χ4v) is 1.12. The van der Waals surface area contributed by atoms with Gasteiger partial charge in [-0.2, -0.15) is 4.98 Å². The summed E-state index contributed by atoms with van der Waals surface area (Å²) in [6.45, 7) is 3.35. The van der Waals surface area contributed by atoms with E-state index in [1.165, 1.54) is 0 Å². The minimum absolute atomic E-state index is 0.0365. The Hall–Kier alpha value is -1.40. The van der Waals surface area contributed by atoms with E-state index in [4.69, 9.17) is 14.6 Å². The van der Waals surface area contributed by atoms with Crippen LogP contribution in [0, 0.1) is 6.92 Å². The van der Waals surface area contributed by atoms with Crippen LogP contribution in [0.25, 0.3) is 0 Å². The summed E-state index contributed by atoms with van der Waals surface area (Å²) in [5, 5.41) is 11.5. The molecule has 90 valence electrons. The highest BCUT2D eigenvalue weighted by molar-refractivity contribution is 5.30. The number of aliphatic hydroxyl groups is 1. The Morgan fingerprint density at radius 3 is 2.88 bits per heavy atom. The number of hydrogen-bond acceptors (Lipinski definition) is 6. The first-order valence-electron chi connectivity index (χ1n) is 5.08. The van der Waals surface area contributed by atoms with Gasteiger partial charge in [0.05, 0.1) is 26.9 Å². The third kappa shape index (κ3) is 4.41. The van der Waals surface area contributed by atoms with Crippen molar-refractivity contribution in [3.05, 3.63) is 11.8 Å². The molecule has 1 heterocycles. The van der Waals surface area contributed by atoms with Crippen LogP contribution in [0.15, 0.2) is 6.07 Å². The molecule has 2 N–H and O–H groups in total. The molecule has 0 aromatic carbocycles. The quantitative estimate of drug-likeness (QED) is 0.649. The Morgan fingerprint density at radius 1 is 1.38 bits per heavy atom. The molecule has 0 aliphatic rings. The molecule has 0 unspecified atom stereocenters. The van der Waals surface area contributed by atoms with Gasteiger partial charge < -0.3 is 19.9 Å². The van der Waals surface area contributed by atoms with E-state index >= 15 is 0 Å². The molecule has 1 rings (SSSR count). The minimum atomic E-state index is 0.0365. The van der Waals surface area contributed by atoms with Gasteiger partial charge in [-0.15, -0.1) is 0 Å². The second-order valence-corrected chi connectivity index (χ2v) is 3.14. The van der Waals surface area contributed by atoms with Crippen LogP contribution >= 0.6 is 0 Å². The molecule has 0 aliphatic carbocycles. The van der Waals surface area contributed by atoms with Gasteiger partial charge in [0, 0.05) is 18.3 Å². The first-order chi connectivity index (χ1) is 7.76. The zero-order valence-electron chi connectivity index (χ0n) is 9.56. The molecule has 0 saturated heterocycles. The number of anilines is 1. The van der Waals surface area contributed by atoms with Crippen molar-refractivity contribution < 1.29 is 14.6 Å². The molecule has 16 heavy (non-hydrogen) atoms. The lowest BCUT2D eigenvalue weighted by atomic mass is 10.4. The highest BCUT2D eigenvalue weighted by atomic mass is 16.5. The maximum absolute atomic E-state index is 8.50. The molecule has 0 spiro atoms. The Morgan fingerprint density at radius 2 is 2.19 bits per heavy atom. The number of ether oxygens (including phenoxy) is 2. The van der Waals surface area contributed by atoms with E-state index in [1.54, 1.807) is 13.2 Å². The van der Waals surface area contributed by atoms with Gasteiger partial charge in [-0.3, -0.25) is 0 Å². The second kappa shape index (κ2) is 6.97. The van der Waals surface area contributed by atoms with Crippen molar-refractivity contribution in [2.75, 3.05) is 38.8 Å². The molecular formula is C10H17N3O3. The Balaban J connectivity index is 2.38. The van der Waals surface area contributed by atoms with E-state index in [0.29, 0.717) is 31.6 Å². The number of rotatable bonds is 7. The zero-order valence-corrected chi connectivity index (χ0v) is 9.56. The molecular weight excluding hydrogens is 210 g/mol. The van der Waals surface area contributed by atoms with Crippen molar-refractivity contribution in [3.8, 4) is 5.88 Å². The molecule has 6 heteroatoms. The van der Waals surface area contributed by atoms with Crippen molar-refractivity contribution in [1.29, 1.82) is 0 Å². The molecule has 0 radical (unpaired) electrons. The standard InChI is InChI=1S/C10H17N3O3/c1-8-7-9(15-2)13-10(12-8)11-3-5-16-6-4-14/h7,14H,3-6H2,1-2H3,(H,11,12,13). The maximum atomic E-state index is 8.50. The van der Waals surface area contributed by atoms with Gasteiger partial charge in [0.25, 0.3) is 0 Å². The summed E-state index contributed by atoms with van der Waals surface area (Å²) in [6, 6.07) is 1.76. The van der Waals surface area contributed by atoms with E-state index in [9.17, 15) is 0 Å². The number of aryl methyl sites for hydroxylation is 1. The minimum Gasteiger partial charge on any atom is -0.481 e. The number of nitrogens with zero attached hydrogens (tertiary/aromatic N) is 2. The normalized spacial score (nSPS) is 10.2. The predicted octanol–water partition coefficient (Wildman–Crippen LogP) is 0.214. The topological polar surface area (TPSA) is 76.5 Å². The van der Waals surface area contributed by atoms with Crippen molar-refractivity contribution >= 4 is 5.95 Å². The Bertz CT molecular complexity index is 320. The SMILES string of the molecule is COc1cc(C)nc(NCCOCCO)n1. The summed E-state index contributed by atoms with van der Waals surface area (Å²) in [7, 11) is 1.57. The third-order valence-electron chi connectivity index (χ3n) is 1.80. The highest BCUT2D eigenvalue weighted by Crippen LogP contribution is 2.10. The van der Waals surface area contributed by atoms with Gasteiger partial charge >= 0.3 is 0 Å². The van der Waals surface area contributed by atoms with E-state index in [-0.39, 0.29) is 6.61 Å². The van der Waals surface area contributed by atoms with Gasteiger partial charge in [-0.05, 0) is 6.92 Å². The second-order valence-electron chi connectivity index (χ2n) is 3.14. The van der Waals surface area contributed by atoms with Crippen molar-refractivity contribution in [3.63, 3.8) is 0 Å². The number of aliphatic hydroxyl groups excluding tert-OH is 1. The van der Waals surface area contributed by atoms with Crippen LogP contribution < -0.4 is 10.1 Å². The van der Waals surface area contributed by atoms with Gasteiger partial charge in [-0.25, -0.2) is 4.98 Å². The number of hydrogen-bond donors (Lipinski definition) is 2. The van der Waals surface area contributed by atoms with E-state index in [2.05, 4.69) is 15.3 Å². The summed E-state index contributed by atoms with van der Waals surface area (Å²) in [4.78, 5) is 8.31. The zero-order chi connectivity index (χ0) is 11.8. The lowest BCUT2D eigenvalue weighted by Crippen LogP contribution is -2.13. The van der Waals surface area contributed by atoms with Crippen LogP contribution in [0.2, 0.25) is 0 Å². The molecule has 0 aliphatic heterocycles. The third-order valence-corrected chi connectivity index (χ3v) is 1.80. The molecule has 0 fully saturated rings. The summed E-state index contributed by atoms with van der Waals surface area (Å²) in [5.41, 5.74) is 0.839. The van der Waals surface area contributed by atoms with Gasteiger partial charge in [0.2, 0.25) is 11.8 Å². The van der Waals surface area contributed by atoms with Crippen LogP contribution in [-0.2, 0) is 4.74 Å². The maximum Gasteiger partial charge on any atom is 0.226 e. The van der Waals surface area contributed by atoms with Crippen LogP contribution in [0.4, 0.5) is 5.95 Å². The van der Waals surface area contributed by atoms with E-state index < -0.39 is 0 Å². The Kier molecular flexibility index (Phi) is 5.52. The molecule has 1 aromatic rings. The predicted molar refractivity (Wildman–Crippen MR) is 59.7 cm³/mol. The lowest BCUT2D eigenvalue weighted by molar-refractivity contribution is 0.0991. The fraction of sp³-hybridized carbons (Fsp3) is 0.600. The monoisotopic (exact) mass is 227 g/mol. The van der Waals surface area contributed by atoms with Crippen molar-refractivity contribution in [2.45, 2.75) is 6.92 Å². The molecule has 0 saturated carbocycles. The molecule has 0 bridgehead atoms. The van der Waals surface area contributed by atoms with Crippen LogP contribution in [0.3, 0.4) is 0 Å². The summed E-state index contributed by atoms with van der Waals surface area (Å²) < 4.78 is 10.1. The lowest BCUT2D eigenvalue weighted by Gasteiger charge is -2.07. The van der Waals surface area contributed by atoms with Gasteiger partial charge in [-0.1, -0.05) is 0 Å². The van der Waals surface area contributed by atoms with Crippen molar-refractivity contribution in [1.82, 2.24) is 9.97 Å². The fourth-order valence-electron chi connectivity index (χ4n) is 1.12. The Labute approximate surface area is 94.6 Å². The number of aromatic nitrogens is 2.